The molecule has 0 saturated heterocycles. The van der Waals surface area contributed by atoms with Crippen molar-refractivity contribution >= 4 is 49.6 Å². The minimum absolute atomic E-state index is 0. The van der Waals surface area contributed by atoms with Crippen LogP contribution in [0.5, 0.6) is 0 Å². The van der Waals surface area contributed by atoms with Crippen LogP contribution in [0.3, 0.4) is 0 Å². The van der Waals surface area contributed by atoms with Crippen molar-refractivity contribution in [1.29, 1.82) is 0 Å². The molecule has 0 bridgehead atoms. The molecule has 0 fully saturated rings. The van der Waals surface area contributed by atoms with Crippen LogP contribution in [0.2, 0.25) is 0 Å². The van der Waals surface area contributed by atoms with Crippen LogP contribution in [-0.4, -0.2) is 35.2 Å². The molecule has 5 heterocycles. The summed E-state index contributed by atoms with van der Waals surface area (Å²) in [6.45, 7) is 0. The first-order valence-electron chi connectivity index (χ1n) is 15.1. The van der Waals surface area contributed by atoms with Gasteiger partial charge in [-0.25, -0.2) is 19.7 Å². The van der Waals surface area contributed by atoms with E-state index in [1.807, 2.05) is 48.8 Å². The third-order valence-corrected chi connectivity index (χ3v) is 7.80. The maximum atomic E-state index is 10.1. The van der Waals surface area contributed by atoms with Crippen molar-refractivity contribution in [3.63, 3.8) is 0 Å². The molecule has 8 heteroatoms. The number of carboxylic acids is 1. The van der Waals surface area contributed by atoms with Gasteiger partial charge in [0.25, 0.3) is 0 Å². The van der Waals surface area contributed by atoms with Crippen LogP contribution in [0.1, 0.15) is 10.5 Å². The molecule has 5 aromatic heterocycles. The number of para-hydroxylation sites is 4. The van der Waals surface area contributed by atoms with E-state index in [2.05, 4.69) is 121 Å². The van der Waals surface area contributed by atoms with Gasteiger partial charge in [-0.1, -0.05) is 91.0 Å². The molecule has 0 aliphatic heterocycles. The largest absolute Gasteiger partial charge is 4.00 e. The van der Waals surface area contributed by atoms with E-state index in [0.717, 1.165) is 11.6 Å². The molecule has 9 rings (SSSR count). The number of carboxylic acid groups (broad SMARTS) is 1. The standard InChI is InChI=1S/2C17H12N2.C6H5NO2.Pt/c2*1-3-9-15-13(7-1)14-8-2-4-10-16(14)19(15)17-11-5-6-12-18-17;8-6(9)5-3-1-2-4-7-5;/h2*1-12H;1-4H,(H,8,9);/q;;;+4. The predicted molar refractivity (Wildman–Crippen MR) is 188 cm³/mol. The van der Waals surface area contributed by atoms with Gasteiger partial charge in [-0.3, -0.25) is 9.13 Å². The quantitative estimate of drug-likeness (QED) is 0.193. The molecule has 0 unspecified atom stereocenters. The van der Waals surface area contributed by atoms with Crippen molar-refractivity contribution in [3.8, 4) is 11.6 Å². The number of pyridine rings is 3. The topological polar surface area (TPSA) is 85.8 Å². The summed E-state index contributed by atoms with van der Waals surface area (Å²) in [6, 6.07) is 50.6. The molecule has 48 heavy (non-hydrogen) atoms. The van der Waals surface area contributed by atoms with Crippen molar-refractivity contribution in [3.05, 3.63) is 176 Å². The summed E-state index contributed by atoms with van der Waals surface area (Å²) in [6.07, 6.45) is 5.11. The maximum absolute atomic E-state index is 10.1. The van der Waals surface area contributed by atoms with Crippen molar-refractivity contribution in [2.45, 2.75) is 0 Å². The van der Waals surface area contributed by atoms with E-state index in [9.17, 15) is 4.79 Å². The van der Waals surface area contributed by atoms with Crippen LogP contribution in [0, 0.1) is 0 Å². The second kappa shape index (κ2) is 14.7. The molecule has 0 saturated carbocycles. The van der Waals surface area contributed by atoms with Crippen LogP contribution < -0.4 is 0 Å². The minimum atomic E-state index is -0.990. The summed E-state index contributed by atoms with van der Waals surface area (Å²) in [5, 5.41) is 13.4. The Labute approximate surface area is 291 Å². The van der Waals surface area contributed by atoms with Gasteiger partial charge < -0.3 is 5.11 Å². The van der Waals surface area contributed by atoms with Crippen molar-refractivity contribution in [1.82, 2.24) is 24.1 Å². The second-order valence-electron chi connectivity index (χ2n) is 10.6. The number of aromatic carboxylic acids is 1. The Morgan fingerprint density at radius 2 is 0.729 bits per heavy atom. The number of hydrogen-bond acceptors (Lipinski definition) is 4. The Kier molecular flexibility index (Phi) is 9.79. The van der Waals surface area contributed by atoms with Gasteiger partial charge in [0.2, 0.25) is 0 Å². The average Bonchev–Trinajstić information content (AvgIpc) is 3.66. The molecule has 9 aromatic rings. The Morgan fingerprint density at radius 1 is 0.417 bits per heavy atom. The van der Waals surface area contributed by atoms with Crippen LogP contribution in [0.15, 0.2) is 170 Å². The first kappa shape index (κ1) is 32.0. The molecular formula is C40H29N5O2Pt+4. The van der Waals surface area contributed by atoms with Crippen LogP contribution in [0.25, 0.3) is 55.2 Å². The number of nitrogens with zero attached hydrogens (tertiary/aromatic N) is 5. The molecule has 1 N–H and O–H groups in total. The maximum Gasteiger partial charge on any atom is 4.00 e. The molecule has 232 valence electrons. The summed E-state index contributed by atoms with van der Waals surface area (Å²) >= 11 is 0. The molecule has 0 aliphatic carbocycles. The number of aromatic nitrogens is 5. The smallest absolute Gasteiger partial charge is 0.477 e. The summed E-state index contributed by atoms with van der Waals surface area (Å²) < 4.78 is 4.43. The molecule has 0 amide bonds. The Hall–Kier alpha value is -5.91. The van der Waals surface area contributed by atoms with Crippen molar-refractivity contribution < 1.29 is 31.0 Å². The summed E-state index contributed by atoms with van der Waals surface area (Å²) in [5.74, 6) is 0.926. The van der Waals surface area contributed by atoms with Crippen molar-refractivity contribution in [2.75, 3.05) is 0 Å². The second-order valence-corrected chi connectivity index (χ2v) is 10.6. The monoisotopic (exact) mass is 806 g/mol. The zero-order chi connectivity index (χ0) is 32.0. The zero-order valence-electron chi connectivity index (χ0n) is 25.6. The van der Waals surface area contributed by atoms with E-state index in [-0.39, 0.29) is 26.8 Å². The number of fused-ring (bicyclic) bond motifs is 6. The van der Waals surface area contributed by atoms with Gasteiger partial charge in [0.15, 0.2) is 0 Å². The Balaban J connectivity index is 0.000000132. The number of rotatable bonds is 3. The van der Waals surface area contributed by atoms with E-state index < -0.39 is 5.97 Å². The van der Waals surface area contributed by atoms with E-state index in [1.165, 1.54) is 55.9 Å². The SMILES string of the molecule is O=C(O)c1ccccn1.[Pt+4].c1ccc(-n2c3ccccc3c3ccccc32)nc1.c1ccc(-n2c3ccccc3c3ccccc32)nc1. The fourth-order valence-corrected chi connectivity index (χ4v) is 5.80. The summed E-state index contributed by atoms with van der Waals surface area (Å²) in [7, 11) is 0. The molecule has 4 aromatic carbocycles. The van der Waals surface area contributed by atoms with Gasteiger partial charge in [-0.15, -0.1) is 0 Å². The van der Waals surface area contributed by atoms with Gasteiger partial charge in [0.1, 0.15) is 17.3 Å². The van der Waals surface area contributed by atoms with Crippen LogP contribution >= 0.6 is 0 Å². The molecule has 7 nitrogen and oxygen atoms in total. The van der Waals surface area contributed by atoms with E-state index >= 15 is 0 Å². The van der Waals surface area contributed by atoms with Gasteiger partial charge in [-0.05, 0) is 60.7 Å². The van der Waals surface area contributed by atoms with E-state index in [0.29, 0.717) is 0 Å². The van der Waals surface area contributed by atoms with Gasteiger partial charge in [-0.2, -0.15) is 0 Å². The summed E-state index contributed by atoms with van der Waals surface area (Å²) in [4.78, 5) is 22.7. The Morgan fingerprint density at radius 3 is 1.00 bits per heavy atom. The van der Waals surface area contributed by atoms with Crippen LogP contribution in [-0.2, 0) is 21.1 Å². The average molecular weight is 807 g/mol. The van der Waals surface area contributed by atoms with Crippen LogP contribution in [0.4, 0.5) is 0 Å². The Bertz CT molecular complexity index is 2190. The van der Waals surface area contributed by atoms with E-state index in [1.54, 1.807) is 12.1 Å². The molecule has 0 aliphatic rings. The summed E-state index contributed by atoms with van der Waals surface area (Å²) in [5.41, 5.74) is 4.87. The fraction of sp³-hybridized carbons (Fsp3) is 0. The number of hydrogen-bond donors (Lipinski definition) is 1. The predicted octanol–water partition coefficient (Wildman–Crippen LogP) is 9.13. The third kappa shape index (κ3) is 6.37. The first-order valence-corrected chi connectivity index (χ1v) is 15.1. The van der Waals surface area contributed by atoms with Gasteiger partial charge in [0, 0.05) is 40.1 Å². The van der Waals surface area contributed by atoms with Gasteiger partial charge >= 0.3 is 27.0 Å². The molecule has 0 atom stereocenters. The normalized spacial score (nSPS) is 10.5. The number of carbonyl (C=O) groups is 1. The van der Waals surface area contributed by atoms with Crippen molar-refractivity contribution in [2.24, 2.45) is 0 Å². The first-order chi connectivity index (χ1) is 23.2. The van der Waals surface area contributed by atoms with Gasteiger partial charge in [0.05, 0.1) is 22.1 Å². The van der Waals surface area contributed by atoms with E-state index in [4.69, 9.17) is 5.11 Å². The molecule has 0 radical (unpaired) electrons. The minimum Gasteiger partial charge on any atom is -0.477 e. The third-order valence-electron chi connectivity index (χ3n) is 7.80. The molecular weight excluding hydrogens is 778 g/mol. The fourth-order valence-electron chi connectivity index (χ4n) is 5.80. The molecule has 0 spiro atoms. The number of benzene rings is 4. The zero-order valence-corrected chi connectivity index (χ0v) is 27.8.